The van der Waals surface area contributed by atoms with E-state index in [0.29, 0.717) is 58.2 Å². The Kier molecular flexibility index (Phi) is 18.7. The second-order valence-corrected chi connectivity index (χ2v) is 40.9. The fourth-order valence-corrected chi connectivity index (χ4v) is 26.2. The fraction of sp³-hybridized carbons (Fsp3) is 0.455. The number of fused-ring (bicyclic) bond motifs is 30. The quantitative estimate of drug-likeness (QED) is 0.166. The van der Waals surface area contributed by atoms with Crippen LogP contribution in [-0.2, 0) is 0 Å². The maximum absolute atomic E-state index is 6.09. The second kappa shape index (κ2) is 28.9. The predicted octanol–water partition coefficient (Wildman–Crippen LogP) is 30.3. The van der Waals surface area contributed by atoms with Crippen LogP contribution in [0.2, 0.25) is 0 Å². The van der Waals surface area contributed by atoms with Gasteiger partial charge in [-0.05, 0) is 366 Å². The van der Waals surface area contributed by atoms with Gasteiger partial charge < -0.3 is 46.6 Å². The van der Waals surface area contributed by atoms with Crippen molar-refractivity contribution >= 4 is 138 Å². The molecule has 0 N–H and O–H groups in total. The Balaban J connectivity index is 0.0000000928. The summed E-state index contributed by atoms with van der Waals surface area (Å²) < 4.78 is 30.3. The molecule has 0 spiro atoms. The molecule has 120 heavy (non-hydrogen) atoms. The van der Waals surface area contributed by atoms with E-state index in [4.69, 9.17) is 22.1 Å². The maximum Gasteiger partial charge on any atom is 0.135 e. The Morgan fingerprint density at radius 1 is 0.242 bits per heavy atom. The molecule has 30 rings (SSSR count). The molecule has 10 nitrogen and oxygen atoms in total. The number of nitrogens with zero attached hydrogens (tertiary/aromatic N) is 5. The molecule has 15 fully saturated rings. The summed E-state index contributed by atoms with van der Waals surface area (Å²) in [5, 5.41) is 12.4. The SMILES string of the molecule is Cc1cc2oc3ccccc3c2cc1N1C(C)C2(C)CCC1(C)CC2.Cc1cc2oc3ccccc3c2cc1N1C(C)C2CCC1(C)CC2.Cc1cc2oc3ccccc3c2cc1N1C(C)C2CCC1(C)CC2.Cc1cc2oc3ccccc3c2cc1N1C2CCC(C)(CC2)C1C.Cc1cc2oc3ccccc3c2cc1N1C2CCC(CC2)C1C. The van der Waals surface area contributed by atoms with E-state index in [1.807, 2.05) is 30.3 Å². The highest BCUT2D eigenvalue weighted by Gasteiger charge is 2.55. The Bertz CT molecular complexity index is 6300. The summed E-state index contributed by atoms with van der Waals surface area (Å²) >= 11 is 0. The van der Waals surface area contributed by atoms with Gasteiger partial charge in [-0.15, -0.1) is 0 Å². The lowest BCUT2D eigenvalue weighted by Crippen LogP contribution is -2.65. The number of hydrogen-bond acceptors (Lipinski definition) is 10. The van der Waals surface area contributed by atoms with Crippen molar-refractivity contribution in [3.8, 4) is 0 Å². The smallest absolute Gasteiger partial charge is 0.135 e. The van der Waals surface area contributed by atoms with Crippen molar-refractivity contribution in [2.24, 2.45) is 28.6 Å². The first-order valence-electron chi connectivity index (χ1n) is 46.4. The minimum Gasteiger partial charge on any atom is -0.456 e. The van der Waals surface area contributed by atoms with Crippen LogP contribution < -0.4 is 24.5 Å². The third-order valence-corrected chi connectivity index (χ3v) is 34.0. The summed E-state index contributed by atoms with van der Waals surface area (Å²) in [6.45, 7) is 35.7. The zero-order chi connectivity index (χ0) is 82.4. The molecule has 0 radical (unpaired) electrons. The van der Waals surface area contributed by atoms with Crippen LogP contribution in [0, 0.1) is 63.2 Å². The van der Waals surface area contributed by atoms with Crippen LogP contribution in [0.1, 0.15) is 225 Å². The van der Waals surface area contributed by atoms with Gasteiger partial charge >= 0.3 is 0 Å². The van der Waals surface area contributed by atoms with E-state index in [2.05, 4.69) is 280 Å². The van der Waals surface area contributed by atoms with Crippen molar-refractivity contribution in [2.45, 2.75) is 291 Å². The first-order chi connectivity index (χ1) is 57.8. The topological polar surface area (TPSA) is 81.9 Å². The number of aryl methyl sites for hydroxylation is 5. The molecule has 15 aromatic rings. The van der Waals surface area contributed by atoms with E-state index < -0.39 is 0 Å². The van der Waals surface area contributed by atoms with Crippen LogP contribution in [0.5, 0.6) is 0 Å². The van der Waals surface area contributed by atoms with Crippen molar-refractivity contribution < 1.29 is 22.1 Å². The summed E-state index contributed by atoms with van der Waals surface area (Å²) in [6.07, 6.45) is 27.2. The molecule has 5 aliphatic carbocycles. The normalized spacial score (nSPS) is 29.7. The van der Waals surface area contributed by atoms with Gasteiger partial charge in [0.15, 0.2) is 0 Å². The minimum atomic E-state index is 0.287. The van der Waals surface area contributed by atoms with Gasteiger partial charge in [-0.25, -0.2) is 0 Å². The molecule has 10 heteroatoms. The van der Waals surface area contributed by atoms with Crippen molar-refractivity contribution in [2.75, 3.05) is 24.5 Å². The minimum absolute atomic E-state index is 0.287. The first-order valence-corrected chi connectivity index (χ1v) is 46.4. The van der Waals surface area contributed by atoms with E-state index in [-0.39, 0.29) is 5.54 Å². The zero-order valence-corrected chi connectivity index (χ0v) is 74.0. The third-order valence-electron chi connectivity index (χ3n) is 34.0. The Hall–Kier alpha value is -9.80. The molecular weight excluding hydrogens is 1470 g/mol. The fourth-order valence-electron chi connectivity index (χ4n) is 26.2. The van der Waals surface area contributed by atoms with Gasteiger partial charge in [0.1, 0.15) is 55.8 Å². The van der Waals surface area contributed by atoms with Gasteiger partial charge in [0.2, 0.25) is 0 Å². The lowest BCUT2D eigenvalue weighted by atomic mass is 9.59. The predicted molar refractivity (Wildman–Crippen MR) is 504 cm³/mol. The van der Waals surface area contributed by atoms with Crippen LogP contribution in [0.3, 0.4) is 0 Å². The van der Waals surface area contributed by atoms with Crippen molar-refractivity contribution in [1.82, 2.24) is 0 Å². The standard InChI is InChI=1S/C23H27NO.3C22H25NO.C21H23NO/c1-15-13-21-18(17-7-5-6-8-20(17)25-21)14-19(15)24-16(2)22(3)9-11-23(24,4)12-10-22;1-14-12-21-18(17-6-4-5-7-20(17)24-21)13-19(14)23-15(2)22(3)10-8-16(23)9-11-22;2*1-14-12-21-18(17-6-4-5-7-20(17)24-21)13-19(14)23-15(2)16-8-10-22(23,3)11-9-16;1-13-11-21-18(17-5-3-4-6-20(17)23-21)12-19(13)22-14(2)15-7-9-16(22)10-8-15/h5-8,13-14,16H,9-12H2,1-4H3;3*4-7,12-13,15-16H,8-11H2,1-3H3;3-6,11-12,14-16H,7-10H2,1-2H3. The van der Waals surface area contributed by atoms with Gasteiger partial charge in [-0.1, -0.05) is 105 Å². The highest BCUT2D eigenvalue weighted by molar-refractivity contribution is 6.10. The maximum atomic E-state index is 6.09. The Morgan fingerprint density at radius 2 is 0.517 bits per heavy atom. The van der Waals surface area contributed by atoms with Gasteiger partial charge in [-0.2, -0.15) is 0 Å². The molecule has 0 amide bonds. The molecule has 5 unspecified atom stereocenters. The first kappa shape index (κ1) is 77.5. The lowest BCUT2D eigenvalue weighted by molar-refractivity contribution is 0.0509. The van der Waals surface area contributed by atoms with Crippen molar-refractivity contribution in [1.29, 1.82) is 0 Å². The van der Waals surface area contributed by atoms with E-state index in [1.54, 1.807) is 0 Å². The molecule has 5 aromatic heterocycles. The molecule has 15 heterocycles. The van der Waals surface area contributed by atoms with E-state index >= 15 is 0 Å². The summed E-state index contributed by atoms with van der Waals surface area (Å²) in [6, 6.07) is 69.6. The molecule has 10 bridgehead atoms. The molecule has 5 saturated carbocycles. The van der Waals surface area contributed by atoms with Crippen molar-refractivity contribution in [3.05, 3.63) is 210 Å². The van der Waals surface area contributed by atoms with Gasteiger partial charge in [0.25, 0.3) is 0 Å². The molecule has 10 aromatic carbocycles. The number of para-hydroxylation sites is 5. The highest BCUT2D eigenvalue weighted by Crippen LogP contribution is 2.58. The van der Waals surface area contributed by atoms with Crippen LogP contribution in [-0.4, -0.2) is 58.9 Å². The molecule has 620 valence electrons. The Labute approximate surface area is 709 Å². The number of hydrogen-bond donors (Lipinski definition) is 0. The number of rotatable bonds is 5. The van der Waals surface area contributed by atoms with Crippen LogP contribution in [0.25, 0.3) is 110 Å². The number of anilines is 5. The molecular formula is C110H125N5O5. The summed E-state index contributed by atoms with van der Waals surface area (Å²) in [7, 11) is 0. The van der Waals surface area contributed by atoms with Gasteiger partial charge in [0, 0.05) is 141 Å². The number of piperidine rings is 10. The molecule has 15 aliphatic rings. The largest absolute Gasteiger partial charge is 0.456 e. The third kappa shape index (κ3) is 12.5. The van der Waals surface area contributed by atoms with Gasteiger partial charge in [-0.3, -0.25) is 0 Å². The summed E-state index contributed by atoms with van der Waals surface area (Å²) in [4.78, 5) is 13.7. The summed E-state index contributed by atoms with van der Waals surface area (Å²) in [5.74, 6) is 2.57. The Morgan fingerprint density at radius 3 is 0.850 bits per heavy atom. The van der Waals surface area contributed by atoms with E-state index in [9.17, 15) is 0 Å². The monoisotopic (exact) mass is 1600 g/mol. The zero-order valence-electron chi connectivity index (χ0n) is 74.0. The van der Waals surface area contributed by atoms with Gasteiger partial charge in [0.05, 0.1) is 0 Å². The molecule has 10 aliphatic heterocycles. The summed E-state index contributed by atoms with van der Waals surface area (Å²) in [5.41, 5.74) is 25.6. The van der Waals surface area contributed by atoms with Crippen LogP contribution >= 0.6 is 0 Å². The molecule has 5 atom stereocenters. The average Bonchev–Trinajstić information content (AvgIpc) is 0.831. The van der Waals surface area contributed by atoms with E-state index in [1.165, 1.54) is 239 Å². The van der Waals surface area contributed by atoms with E-state index in [0.717, 1.165) is 79.6 Å². The van der Waals surface area contributed by atoms with Crippen LogP contribution in [0.15, 0.2) is 204 Å². The molecule has 10 saturated heterocycles. The highest BCUT2D eigenvalue weighted by atomic mass is 16.3. The average molecular weight is 1600 g/mol. The number of furan rings is 5. The van der Waals surface area contributed by atoms with Crippen LogP contribution in [0.4, 0.5) is 28.4 Å². The second-order valence-electron chi connectivity index (χ2n) is 40.9. The van der Waals surface area contributed by atoms with Crippen molar-refractivity contribution in [3.63, 3.8) is 0 Å². The number of benzene rings is 10. The lowest BCUT2D eigenvalue weighted by Gasteiger charge is -2.63.